The number of rotatable bonds is 6. The molecule has 0 amide bonds. The molecular formula is C11H14N4O2. The Balaban J connectivity index is 2.77. The number of azo groups is 1. The van der Waals surface area contributed by atoms with E-state index in [9.17, 15) is 0 Å². The van der Waals surface area contributed by atoms with Gasteiger partial charge < -0.3 is 15.1 Å². The molecule has 0 aromatic heterocycles. The Labute approximate surface area is 99.4 Å². The molecule has 0 atom stereocenters. The molecule has 0 bridgehead atoms. The standard InChI is InChI=1S/C11H14N4O2/c12-9-13-14-10-1-3-11(4-2-10)15(5-7-16)6-8-17/h1-4,16-17H,5-8H2. The summed E-state index contributed by atoms with van der Waals surface area (Å²) < 4.78 is 0. The number of hydrogen-bond acceptors (Lipinski definition) is 6. The highest BCUT2D eigenvalue weighted by Gasteiger charge is 2.04. The number of nitrogens with zero attached hydrogens (tertiary/aromatic N) is 4. The van der Waals surface area contributed by atoms with Crippen LogP contribution in [0.1, 0.15) is 0 Å². The maximum atomic E-state index is 8.90. The van der Waals surface area contributed by atoms with Crippen LogP contribution in [-0.4, -0.2) is 36.5 Å². The van der Waals surface area contributed by atoms with E-state index in [1.54, 1.807) is 30.5 Å². The third-order valence-electron chi connectivity index (χ3n) is 2.16. The predicted molar refractivity (Wildman–Crippen MR) is 63.0 cm³/mol. The van der Waals surface area contributed by atoms with Gasteiger partial charge in [-0.3, -0.25) is 0 Å². The van der Waals surface area contributed by atoms with E-state index >= 15 is 0 Å². The predicted octanol–water partition coefficient (Wildman–Crippen LogP) is 1.04. The number of nitriles is 1. The van der Waals surface area contributed by atoms with E-state index < -0.39 is 0 Å². The van der Waals surface area contributed by atoms with Gasteiger partial charge in [-0.05, 0) is 24.3 Å². The first-order valence-electron chi connectivity index (χ1n) is 5.18. The zero-order valence-corrected chi connectivity index (χ0v) is 9.32. The quantitative estimate of drug-likeness (QED) is 0.568. The van der Waals surface area contributed by atoms with E-state index in [0.717, 1.165) is 5.69 Å². The Kier molecular flexibility index (Phi) is 5.64. The summed E-state index contributed by atoms with van der Waals surface area (Å²) in [7, 11) is 0. The lowest BCUT2D eigenvalue weighted by Crippen LogP contribution is -2.29. The molecule has 1 rings (SSSR count). The van der Waals surface area contributed by atoms with Crippen LogP contribution in [-0.2, 0) is 0 Å². The molecule has 1 aromatic rings. The minimum Gasteiger partial charge on any atom is -0.395 e. The number of aliphatic hydroxyl groups is 2. The van der Waals surface area contributed by atoms with Crippen LogP contribution < -0.4 is 4.90 Å². The summed E-state index contributed by atoms with van der Waals surface area (Å²) in [6.45, 7) is 0.963. The molecule has 0 saturated carbocycles. The van der Waals surface area contributed by atoms with Crippen molar-refractivity contribution in [2.45, 2.75) is 0 Å². The van der Waals surface area contributed by atoms with Crippen molar-refractivity contribution in [3.63, 3.8) is 0 Å². The topological polar surface area (TPSA) is 92.2 Å². The first-order chi connectivity index (χ1) is 8.31. The van der Waals surface area contributed by atoms with Gasteiger partial charge in [-0.15, -0.1) is 5.11 Å². The molecule has 0 saturated heterocycles. The second-order valence-electron chi connectivity index (χ2n) is 3.25. The van der Waals surface area contributed by atoms with Crippen LogP contribution in [0, 0.1) is 11.5 Å². The summed E-state index contributed by atoms with van der Waals surface area (Å²) in [4.78, 5) is 1.85. The van der Waals surface area contributed by atoms with Gasteiger partial charge in [-0.2, -0.15) is 5.26 Å². The van der Waals surface area contributed by atoms with Gasteiger partial charge in [0.1, 0.15) is 0 Å². The number of benzene rings is 1. The third-order valence-corrected chi connectivity index (χ3v) is 2.16. The fourth-order valence-electron chi connectivity index (χ4n) is 1.42. The molecule has 0 aliphatic heterocycles. The second kappa shape index (κ2) is 7.33. The molecule has 0 spiro atoms. The van der Waals surface area contributed by atoms with Crippen LogP contribution in [0.15, 0.2) is 34.5 Å². The largest absolute Gasteiger partial charge is 0.395 e. The summed E-state index contributed by atoms with van der Waals surface area (Å²) in [5.74, 6) is 0. The van der Waals surface area contributed by atoms with Gasteiger partial charge in [0.15, 0.2) is 0 Å². The summed E-state index contributed by atoms with van der Waals surface area (Å²) in [5, 5.41) is 32.9. The van der Waals surface area contributed by atoms with E-state index in [1.165, 1.54) is 0 Å². The fourth-order valence-corrected chi connectivity index (χ4v) is 1.42. The molecular weight excluding hydrogens is 220 g/mol. The Morgan fingerprint density at radius 3 is 2.18 bits per heavy atom. The van der Waals surface area contributed by atoms with Crippen LogP contribution in [0.3, 0.4) is 0 Å². The van der Waals surface area contributed by atoms with E-state index in [4.69, 9.17) is 15.5 Å². The van der Waals surface area contributed by atoms with Crippen molar-refractivity contribution >= 4 is 11.4 Å². The molecule has 1 aromatic carbocycles. The lowest BCUT2D eigenvalue weighted by atomic mass is 10.2. The van der Waals surface area contributed by atoms with E-state index in [0.29, 0.717) is 18.8 Å². The van der Waals surface area contributed by atoms with E-state index in [-0.39, 0.29) is 13.2 Å². The van der Waals surface area contributed by atoms with Crippen molar-refractivity contribution in [2.24, 2.45) is 10.2 Å². The molecule has 6 heteroatoms. The molecule has 0 aliphatic carbocycles. The Morgan fingerprint density at radius 1 is 1.12 bits per heavy atom. The van der Waals surface area contributed by atoms with Gasteiger partial charge in [-0.25, -0.2) is 0 Å². The Morgan fingerprint density at radius 2 is 1.71 bits per heavy atom. The SMILES string of the molecule is N#CN=Nc1ccc(N(CCO)CCO)cc1. The minimum absolute atomic E-state index is 0.0237. The van der Waals surface area contributed by atoms with Crippen molar-refractivity contribution in [3.05, 3.63) is 24.3 Å². The van der Waals surface area contributed by atoms with Gasteiger partial charge in [-0.1, -0.05) is 5.11 Å². The smallest absolute Gasteiger partial charge is 0.226 e. The maximum Gasteiger partial charge on any atom is 0.226 e. The van der Waals surface area contributed by atoms with Gasteiger partial charge in [0, 0.05) is 18.8 Å². The average molecular weight is 234 g/mol. The van der Waals surface area contributed by atoms with Gasteiger partial charge in [0.05, 0.1) is 18.9 Å². The molecule has 90 valence electrons. The average Bonchev–Trinajstić information content (AvgIpc) is 2.37. The molecule has 0 aliphatic rings. The number of anilines is 1. The Hall–Kier alpha value is -1.97. The van der Waals surface area contributed by atoms with Crippen LogP contribution in [0.2, 0.25) is 0 Å². The molecule has 0 heterocycles. The van der Waals surface area contributed by atoms with Gasteiger partial charge >= 0.3 is 0 Å². The Bertz CT molecular complexity index is 391. The van der Waals surface area contributed by atoms with E-state index in [2.05, 4.69) is 10.2 Å². The van der Waals surface area contributed by atoms with Crippen molar-refractivity contribution < 1.29 is 10.2 Å². The van der Waals surface area contributed by atoms with Gasteiger partial charge in [0.2, 0.25) is 6.19 Å². The zero-order chi connectivity index (χ0) is 12.5. The lowest BCUT2D eigenvalue weighted by Gasteiger charge is -2.22. The third kappa shape index (κ3) is 4.18. The summed E-state index contributed by atoms with van der Waals surface area (Å²) in [6, 6.07) is 7.05. The van der Waals surface area contributed by atoms with E-state index in [1.807, 2.05) is 4.90 Å². The maximum absolute atomic E-state index is 8.90. The zero-order valence-electron chi connectivity index (χ0n) is 9.32. The molecule has 17 heavy (non-hydrogen) atoms. The van der Waals surface area contributed by atoms with Crippen LogP contribution >= 0.6 is 0 Å². The summed E-state index contributed by atoms with van der Waals surface area (Å²) >= 11 is 0. The second-order valence-corrected chi connectivity index (χ2v) is 3.25. The van der Waals surface area contributed by atoms with Crippen molar-refractivity contribution in [1.29, 1.82) is 5.26 Å². The number of aliphatic hydroxyl groups excluding tert-OH is 2. The fraction of sp³-hybridized carbons (Fsp3) is 0.364. The normalized spacial score (nSPS) is 10.4. The van der Waals surface area contributed by atoms with Crippen LogP contribution in [0.25, 0.3) is 0 Å². The van der Waals surface area contributed by atoms with Crippen molar-refractivity contribution in [2.75, 3.05) is 31.2 Å². The lowest BCUT2D eigenvalue weighted by molar-refractivity contribution is 0.281. The highest BCUT2D eigenvalue weighted by Crippen LogP contribution is 2.19. The van der Waals surface area contributed by atoms with Crippen molar-refractivity contribution in [3.8, 4) is 6.19 Å². The first-order valence-corrected chi connectivity index (χ1v) is 5.18. The number of hydrogen-bond donors (Lipinski definition) is 2. The van der Waals surface area contributed by atoms with Gasteiger partial charge in [0.25, 0.3) is 0 Å². The molecule has 0 radical (unpaired) electrons. The highest BCUT2D eigenvalue weighted by molar-refractivity contribution is 5.52. The van der Waals surface area contributed by atoms with Crippen LogP contribution in [0.4, 0.5) is 11.4 Å². The molecule has 2 N–H and O–H groups in total. The molecule has 0 unspecified atom stereocenters. The summed E-state index contributed by atoms with van der Waals surface area (Å²) in [5.41, 5.74) is 1.47. The molecule has 6 nitrogen and oxygen atoms in total. The summed E-state index contributed by atoms with van der Waals surface area (Å²) in [6.07, 6.45) is 1.58. The monoisotopic (exact) mass is 234 g/mol. The van der Waals surface area contributed by atoms with Crippen LogP contribution in [0.5, 0.6) is 0 Å². The minimum atomic E-state index is 0.0237. The first kappa shape index (κ1) is 13.1. The highest BCUT2D eigenvalue weighted by atomic mass is 16.3. The molecule has 0 fully saturated rings. The van der Waals surface area contributed by atoms with Crippen molar-refractivity contribution in [1.82, 2.24) is 0 Å².